The van der Waals surface area contributed by atoms with Gasteiger partial charge in [0.1, 0.15) is 0 Å². The second-order valence-corrected chi connectivity index (χ2v) is 5.16. The highest BCUT2D eigenvalue weighted by molar-refractivity contribution is 5.78. The predicted octanol–water partition coefficient (Wildman–Crippen LogP) is 0.217. The number of rotatable bonds is 5. The van der Waals surface area contributed by atoms with Gasteiger partial charge < -0.3 is 15.5 Å². The molecule has 104 valence electrons. The van der Waals surface area contributed by atoms with Gasteiger partial charge in [0.2, 0.25) is 11.8 Å². The van der Waals surface area contributed by atoms with Crippen molar-refractivity contribution < 1.29 is 9.59 Å². The number of hydrogen-bond acceptors (Lipinski definition) is 3. The molecule has 0 spiro atoms. The quantitative estimate of drug-likeness (QED) is 0.738. The van der Waals surface area contributed by atoms with Crippen LogP contribution in [0.25, 0.3) is 0 Å². The highest BCUT2D eigenvalue weighted by atomic mass is 16.2. The maximum absolute atomic E-state index is 12.1. The lowest BCUT2D eigenvalue weighted by molar-refractivity contribution is -0.136. The van der Waals surface area contributed by atoms with Gasteiger partial charge in [-0.1, -0.05) is 6.92 Å². The monoisotopic (exact) mass is 255 g/mol. The zero-order valence-electron chi connectivity index (χ0n) is 11.7. The van der Waals surface area contributed by atoms with E-state index in [1.165, 1.54) is 6.92 Å². The molecule has 0 bridgehead atoms. The third-order valence-electron chi connectivity index (χ3n) is 3.50. The Labute approximate surface area is 109 Å². The molecule has 0 aliphatic carbocycles. The molecule has 0 aromatic heterocycles. The lowest BCUT2D eigenvalue weighted by atomic mass is 9.95. The lowest BCUT2D eigenvalue weighted by Gasteiger charge is -2.33. The molecule has 0 saturated carbocycles. The number of amides is 2. The lowest BCUT2D eigenvalue weighted by Crippen LogP contribution is -2.44. The Balaban J connectivity index is 2.30. The molecule has 1 heterocycles. The summed E-state index contributed by atoms with van der Waals surface area (Å²) in [4.78, 5) is 24.9. The van der Waals surface area contributed by atoms with E-state index in [1.807, 2.05) is 18.9 Å². The van der Waals surface area contributed by atoms with Crippen molar-refractivity contribution in [2.45, 2.75) is 26.7 Å². The SMILES string of the molecule is CNCC(C)C(=O)N1CCC(CNC(C)=O)CC1. The van der Waals surface area contributed by atoms with Gasteiger partial charge in [0, 0.05) is 39.0 Å². The fourth-order valence-electron chi connectivity index (χ4n) is 2.35. The standard InChI is InChI=1S/C13H25N3O2/c1-10(8-14-3)13(18)16-6-4-12(5-7-16)9-15-11(2)17/h10,12,14H,4-9H2,1-3H3,(H,15,17). The van der Waals surface area contributed by atoms with Crippen molar-refractivity contribution in [2.24, 2.45) is 11.8 Å². The van der Waals surface area contributed by atoms with Gasteiger partial charge in [-0.15, -0.1) is 0 Å². The predicted molar refractivity (Wildman–Crippen MR) is 71.1 cm³/mol. The molecule has 18 heavy (non-hydrogen) atoms. The van der Waals surface area contributed by atoms with E-state index >= 15 is 0 Å². The van der Waals surface area contributed by atoms with Crippen LogP contribution in [0.4, 0.5) is 0 Å². The fourth-order valence-corrected chi connectivity index (χ4v) is 2.35. The van der Waals surface area contributed by atoms with E-state index in [9.17, 15) is 9.59 Å². The van der Waals surface area contributed by atoms with Crippen LogP contribution < -0.4 is 10.6 Å². The smallest absolute Gasteiger partial charge is 0.226 e. The highest BCUT2D eigenvalue weighted by Crippen LogP contribution is 2.18. The van der Waals surface area contributed by atoms with Gasteiger partial charge in [0.15, 0.2) is 0 Å². The van der Waals surface area contributed by atoms with E-state index in [1.54, 1.807) is 0 Å². The molecule has 1 unspecified atom stereocenters. The first-order valence-electron chi connectivity index (χ1n) is 6.72. The zero-order chi connectivity index (χ0) is 13.5. The topological polar surface area (TPSA) is 61.4 Å². The summed E-state index contributed by atoms with van der Waals surface area (Å²) in [7, 11) is 1.86. The van der Waals surface area contributed by atoms with Crippen LogP contribution in [0, 0.1) is 11.8 Å². The van der Waals surface area contributed by atoms with Gasteiger partial charge in [-0.05, 0) is 25.8 Å². The Hall–Kier alpha value is -1.10. The molecule has 5 nitrogen and oxygen atoms in total. The van der Waals surface area contributed by atoms with Crippen LogP contribution in [0.1, 0.15) is 26.7 Å². The third kappa shape index (κ3) is 4.64. The molecule has 0 radical (unpaired) electrons. The molecule has 1 aliphatic heterocycles. The van der Waals surface area contributed by atoms with Gasteiger partial charge >= 0.3 is 0 Å². The molecule has 1 saturated heterocycles. The summed E-state index contributed by atoms with van der Waals surface area (Å²) in [5, 5.41) is 5.88. The minimum Gasteiger partial charge on any atom is -0.356 e. The molecule has 1 atom stereocenters. The van der Waals surface area contributed by atoms with E-state index in [-0.39, 0.29) is 17.7 Å². The molecular formula is C13H25N3O2. The summed E-state index contributed by atoms with van der Waals surface area (Å²) in [5.41, 5.74) is 0. The van der Waals surface area contributed by atoms with Crippen LogP contribution in [-0.2, 0) is 9.59 Å². The maximum Gasteiger partial charge on any atom is 0.226 e. The molecule has 1 rings (SSSR count). The largest absolute Gasteiger partial charge is 0.356 e. The van der Waals surface area contributed by atoms with E-state index in [0.29, 0.717) is 5.92 Å². The Morgan fingerprint density at radius 3 is 2.44 bits per heavy atom. The van der Waals surface area contributed by atoms with Crippen molar-refractivity contribution in [1.29, 1.82) is 0 Å². The first-order valence-corrected chi connectivity index (χ1v) is 6.72. The molecule has 2 N–H and O–H groups in total. The molecule has 0 aromatic carbocycles. The summed E-state index contributed by atoms with van der Waals surface area (Å²) in [6, 6.07) is 0. The molecule has 5 heteroatoms. The van der Waals surface area contributed by atoms with Gasteiger partial charge in [0.25, 0.3) is 0 Å². The number of carbonyl (C=O) groups is 2. The molecule has 2 amide bonds. The van der Waals surface area contributed by atoms with Crippen molar-refractivity contribution >= 4 is 11.8 Å². The van der Waals surface area contributed by atoms with Crippen LogP contribution in [-0.4, -0.2) is 49.9 Å². The third-order valence-corrected chi connectivity index (χ3v) is 3.50. The number of carbonyl (C=O) groups excluding carboxylic acids is 2. The Kier molecular flexibility index (Phi) is 6.12. The Morgan fingerprint density at radius 2 is 1.94 bits per heavy atom. The van der Waals surface area contributed by atoms with Crippen LogP contribution in [0.5, 0.6) is 0 Å². The molecule has 0 aromatic rings. The van der Waals surface area contributed by atoms with Gasteiger partial charge in [-0.2, -0.15) is 0 Å². The second kappa shape index (κ2) is 7.36. The number of nitrogens with one attached hydrogen (secondary N) is 2. The number of piperidine rings is 1. The molecule has 1 aliphatic rings. The maximum atomic E-state index is 12.1. The Morgan fingerprint density at radius 1 is 1.33 bits per heavy atom. The first kappa shape index (κ1) is 15.0. The summed E-state index contributed by atoms with van der Waals surface area (Å²) in [5.74, 6) is 0.818. The Bertz CT molecular complexity index is 286. The summed E-state index contributed by atoms with van der Waals surface area (Å²) in [6.07, 6.45) is 1.97. The van der Waals surface area contributed by atoms with Crippen LogP contribution in [0.3, 0.4) is 0 Å². The average molecular weight is 255 g/mol. The van der Waals surface area contributed by atoms with Gasteiger partial charge in [-0.3, -0.25) is 9.59 Å². The van der Waals surface area contributed by atoms with Crippen LogP contribution in [0.15, 0.2) is 0 Å². The minimum atomic E-state index is 0.0242. The summed E-state index contributed by atoms with van der Waals surface area (Å²) >= 11 is 0. The molecule has 1 fully saturated rings. The number of nitrogens with zero attached hydrogens (tertiary/aromatic N) is 1. The van der Waals surface area contributed by atoms with Crippen molar-refractivity contribution in [3.8, 4) is 0 Å². The van der Waals surface area contributed by atoms with Crippen molar-refractivity contribution in [1.82, 2.24) is 15.5 Å². The van der Waals surface area contributed by atoms with E-state index in [0.717, 1.165) is 39.0 Å². The first-order chi connectivity index (χ1) is 8.54. The van der Waals surface area contributed by atoms with Crippen LogP contribution >= 0.6 is 0 Å². The normalized spacial score (nSPS) is 18.5. The van der Waals surface area contributed by atoms with E-state index < -0.39 is 0 Å². The van der Waals surface area contributed by atoms with Crippen molar-refractivity contribution in [2.75, 3.05) is 33.2 Å². The van der Waals surface area contributed by atoms with E-state index in [4.69, 9.17) is 0 Å². The summed E-state index contributed by atoms with van der Waals surface area (Å²) < 4.78 is 0. The van der Waals surface area contributed by atoms with Gasteiger partial charge in [0.05, 0.1) is 0 Å². The zero-order valence-corrected chi connectivity index (χ0v) is 11.7. The fraction of sp³-hybridized carbons (Fsp3) is 0.846. The molecular weight excluding hydrogens is 230 g/mol. The minimum absolute atomic E-state index is 0.0242. The van der Waals surface area contributed by atoms with Gasteiger partial charge in [-0.25, -0.2) is 0 Å². The van der Waals surface area contributed by atoms with E-state index in [2.05, 4.69) is 10.6 Å². The van der Waals surface area contributed by atoms with Crippen LogP contribution in [0.2, 0.25) is 0 Å². The average Bonchev–Trinajstić information content (AvgIpc) is 2.36. The highest BCUT2D eigenvalue weighted by Gasteiger charge is 2.25. The van der Waals surface area contributed by atoms with Crippen molar-refractivity contribution in [3.05, 3.63) is 0 Å². The number of likely N-dealkylation sites (tertiary alicyclic amines) is 1. The summed E-state index contributed by atoms with van der Waals surface area (Å²) in [6.45, 7) is 6.60. The number of hydrogen-bond donors (Lipinski definition) is 2. The van der Waals surface area contributed by atoms with Crippen molar-refractivity contribution in [3.63, 3.8) is 0 Å². The second-order valence-electron chi connectivity index (χ2n) is 5.16.